The molecule has 0 atom stereocenters. The molecule has 112 valence electrons. The smallest absolute Gasteiger partial charge is 0.253 e. The zero-order valence-corrected chi connectivity index (χ0v) is 12.7. The molecule has 0 aliphatic rings. The van der Waals surface area contributed by atoms with Crippen LogP contribution in [0.3, 0.4) is 0 Å². The molecule has 0 spiro atoms. The maximum absolute atomic E-state index is 13.7. The van der Waals surface area contributed by atoms with Crippen molar-refractivity contribution in [2.45, 2.75) is 26.8 Å². The van der Waals surface area contributed by atoms with Crippen LogP contribution in [-0.4, -0.2) is 43.5 Å². The lowest BCUT2D eigenvalue weighted by atomic mass is 10.1. The van der Waals surface area contributed by atoms with Gasteiger partial charge in [-0.05, 0) is 40.0 Å². The van der Waals surface area contributed by atoms with Crippen molar-refractivity contribution in [2.75, 3.05) is 32.0 Å². The number of carbonyl (C=O) groups excluding carboxylic acids is 1. The van der Waals surface area contributed by atoms with Crippen molar-refractivity contribution >= 4 is 11.6 Å². The lowest BCUT2D eigenvalue weighted by molar-refractivity contribution is 0.0948. The summed E-state index contributed by atoms with van der Waals surface area (Å²) in [6.45, 7) is 7.92. The molecule has 4 nitrogen and oxygen atoms in total. The minimum Gasteiger partial charge on any atom is -0.382 e. The van der Waals surface area contributed by atoms with E-state index in [1.165, 1.54) is 6.07 Å². The minimum atomic E-state index is -0.404. The molecule has 1 rings (SSSR count). The Morgan fingerprint density at radius 3 is 2.70 bits per heavy atom. The van der Waals surface area contributed by atoms with Crippen molar-refractivity contribution in [3.05, 3.63) is 29.6 Å². The maximum Gasteiger partial charge on any atom is 0.253 e. The summed E-state index contributed by atoms with van der Waals surface area (Å²) < 4.78 is 13.7. The van der Waals surface area contributed by atoms with Crippen LogP contribution < -0.4 is 10.6 Å². The van der Waals surface area contributed by atoms with E-state index >= 15 is 0 Å². The largest absolute Gasteiger partial charge is 0.382 e. The molecule has 1 amide bonds. The van der Waals surface area contributed by atoms with Gasteiger partial charge in [0.1, 0.15) is 5.82 Å². The fourth-order valence-corrected chi connectivity index (χ4v) is 1.77. The van der Waals surface area contributed by atoms with E-state index in [2.05, 4.69) is 29.4 Å². The van der Waals surface area contributed by atoms with Crippen molar-refractivity contribution in [3.8, 4) is 0 Å². The lowest BCUT2D eigenvalue weighted by Crippen LogP contribution is -2.36. The summed E-state index contributed by atoms with van der Waals surface area (Å²) in [5, 5.41) is 5.72. The van der Waals surface area contributed by atoms with Gasteiger partial charge in [-0.1, -0.05) is 6.07 Å². The second kappa shape index (κ2) is 7.85. The Morgan fingerprint density at radius 1 is 1.40 bits per heavy atom. The molecule has 0 fully saturated rings. The van der Waals surface area contributed by atoms with Gasteiger partial charge in [-0.3, -0.25) is 4.79 Å². The molecule has 0 saturated carbocycles. The molecule has 0 aliphatic carbocycles. The zero-order valence-electron chi connectivity index (χ0n) is 12.7. The Bertz CT molecular complexity index is 449. The number of nitrogens with zero attached hydrogens (tertiary/aromatic N) is 1. The Labute approximate surface area is 120 Å². The third kappa shape index (κ3) is 4.49. The standard InChI is InChI=1S/C15H24FN3O/c1-5-17-14-12(7-6-8-13(14)16)15(20)18-9-10-19(4)11(2)3/h6-8,11,17H,5,9-10H2,1-4H3,(H,18,20). The highest BCUT2D eigenvalue weighted by atomic mass is 19.1. The van der Waals surface area contributed by atoms with Crippen LogP contribution in [0.4, 0.5) is 10.1 Å². The molecule has 0 aliphatic heterocycles. The monoisotopic (exact) mass is 281 g/mol. The molecule has 0 saturated heterocycles. The lowest BCUT2D eigenvalue weighted by Gasteiger charge is -2.21. The van der Waals surface area contributed by atoms with Gasteiger partial charge >= 0.3 is 0 Å². The number of para-hydroxylation sites is 1. The molecule has 1 aromatic carbocycles. The van der Waals surface area contributed by atoms with Crippen LogP contribution in [0, 0.1) is 5.82 Å². The molecule has 20 heavy (non-hydrogen) atoms. The third-order valence-corrected chi connectivity index (χ3v) is 3.24. The van der Waals surface area contributed by atoms with Gasteiger partial charge in [-0.2, -0.15) is 0 Å². The first-order chi connectivity index (χ1) is 9.47. The predicted octanol–water partition coefficient (Wildman–Crippen LogP) is 2.33. The predicted molar refractivity (Wildman–Crippen MR) is 80.7 cm³/mol. The number of nitrogens with one attached hydrogen (secondary N) is 2. The summed E-state index contributed by atoms with van der Waals surface area (Å²) in [4.78, 5) is 14.2. The molecule has 5 heteroatoms. The van der Waals surface area contributed by atoms with Crippen LogP contribution in [0.1, 0.15) is 31.1 Å². The molecular weight excluding hydrogens is 257 g/mol. The molecule has 0 heterocycles. The van der Waals surface area contributed by atoms with E-state index in [-0.39, 0.29) is 11.6 Å². The van der Waals surface area contributed by atoms with E-state index in [0.29, 0.717) is 24.7 Å². The number of anilines is 1. The van der Waals surface area contributed by atoms with Crippen LogP contribution in [0.2, 0.25) is 0 Å². The number of rotatable bonds is 7. The van der Waals surface area contributed by atoms with Gasteiger partial charge in [0.25, 0.3) is 5.91 Å². The average molecular weight is 281 g/mol. The van der Waals surface area contributed by atoms with E-state index in [4.69, 9.17) is 0 Å². The number of likely N-dealkylation sites (N-methyl/N-ethyl adjacent to an activating group) is 1. The fraction of sp³-hybridized carbons (Fsp3) is 0.533. The SMILES string of the molecule is CCNc1c(F)cccc1C(=O)NCCN(C)C(C)C. The Morgan fingerprint density at radius 2 is 2.10 bits per heavy atom. The minimum absolute atomic E-state index is 0.252. The van der Waals surface area contributed by atoms with Gasteiger partial charge < -0.3 is 15.5 Å². The summed E-state index contributed by atoms with van der Waals surface area (Å²) in [6, 6.07) is 4.95. The van der Waals surface area contributed by atoms with E-state index < -0.39 is 5.82 Å². The van der Waals surface area contributed by atoms with E-state index in [0.717, 1.165) is 6.54 Å². The number of halogens is 1. The van der Waals surface area contributed by atoms with Crippen LogP contribution >= 0.6 is 0 Å². The molecule has 0 aromatic heterocycles. The molecule has 1 aromatic rings. The van der Waals surface area contributed by atoms with Crippen molar-refractivity contribution in [1.82, 2.24) is 10.2 Å². The summed E-state index contributed by atoms with van der Waals surface area (Å²) in [5.74, 6) is -0.656. The van der Waals surface area contributed by atoms with Gasteiger partial charge in [0.15, 0.2) is 0 Å². The van der Waals surface area contributed by atoms with Crippen molar-refractivity contribution < 1.29 is 9.18 Å². The van der Waals surface area contributed by atoms with E-state index in [1.54, 1.807) is 12.1 Å². The van der Waals surface area contributed by atoms with Gasteiger partial charge in [-0.25, -0.2) is 4.39 Å². The van der Waals surface area contributed by atoms with Crippen LogP contribution in [0.5, 0.6) is 0 Å². The average Bonchev–Trinajstić information content (AvgIpc) is 2.40. The van der Waals surface area contributed by atoms with Crippen LogP contribution in [0.25, 0.3) is 0 Å². The zero-order chi connectivity index (χ0) is 15.1. The topological polar surface area (TPSA) is 44.4 Å². The summed E-state index contributed by atoms with van der Waals surface area (Å²) in [7, 11) is 2.00. The van der Waals surface area contributed by atoms with E-state index in [9.17, 15) is 9.18 Å². The van der Waals surface area contributed by atoms with Gasteiger partial charge in [0, 0.05) is 25.7 Å². The molecular formula is C15H24FN3O. The molecule has 0 unspecified atom stereocenters. The first-order valence-corrected chi connectivity index (χ1v) is 6.98. The van der Waals surface area contributed by atoms with Crippen LogP contribution in [0.15, 0.2) is 18.2 Å². The molecule has 0 radical (unpaired) electrons. The normalized spacial score (nSPS) is 10.9. The summed E-state index contributed by atoms with van der Waals surface area (Å²) in [6.07, 6.45) is 0. The fourth-order valence-electron chi connectivity index (χ4n) is 1.77. The Balaban J connectivity index is 2.66. The highest BCUT2D eigenvalue weighted by molar-refractivity contribution is 5.99. The summed E-state index contributed by atoms with van der Waals surface area (Å²) >= 11 is 0. The number of amides is 1. The highest BCUT2D eigenvalue weighted by Crippen LogP contribution is 2.19. The first kappa shape index (κ1) is 16.4. The Kier molecular flexibility index (Phi) is 6.45. The Hall–Kier alpha value is -1.62. The van der Waals surface area contributed by atoms with Crippen LogP contribution in [-0.2, 0) is 0 Å². The number of carbonyl (C=O) groups is 1. The van der Waals surface area contributed by atoms with Gasteiger partial charge in [0.2, 0.25) is 0 Å². The van der Waals surface area contributed by atoms with Crippen molar-refractivity contribution in [3.63, 3.8) is 0 Å². The third-order valence-electron chi connectivity index (χ3n) is 3.24. The van der Waals surface area contributed by atoms with Crippen molar-refractivity contribution in [2.24, 2.45) is 0 Å². The first-order valence-electron chi connectivity index (χ1n) is 6.98. The second-order valence-corrected chi connectivity index (χ2v) is 5.02. The maximum atomic E-state index is 13.7. The molecule has 0 bridgehead atoms. The molecule has 2 N–H and O–H groups in total. The summed E-state index contributed by atoms with van der Waals surface area (Å²) in [5.41, 5.74) is 0.615. The number of hydrogen-bond donors (Lipinski definition) is 2. The van der Waals surface area contributed by atoms with Gasteiger partial charge in [-0.15, -0.1) is 0 Å². The number of hydrogen-bond acceptors (Lipinski definition) is 3. The highest BCUT2D eigenvalue weighted by Gasteiger charge is 2.14. The number of benzene rings is 1. The quantitative estimate of drug-likeness (QED) is 0.806. The van der Waals surface area contributed by atoms with Crippen molar-refractivity contribution in [1.29, 1.82) is 0 Å². The van der Waals surface area contributed by atoms with Gasteiger partial charge in [0.05, 0.1) is 11.3 Å². The van der Waals surface area contributed by atoms with E-state index in [1.807, 2.05) is 14.0 Å². The second-order valence-electron chi connectivity index (χ2n) is 5.02.